The van der Waals surface area contributed by atoms with Gasteiger partial charge in [0, 0.05) is 59.2 Å². The number of aromatic nitrogens is 2. The quantitative estimate of drug-likeness (QED) is 0.126. The standard InChI is InChI=1S/C72H54BN3S/c1-71(2,3)48-30-33-51(34-31-48)75-61-39-46(44-29-35-53-47(37-44)38-45-21-13-14-24-52(45)64(53)43-19-9-7-10-20-43)40-62-67(61)73(70-68(75)56-41-49(72(4,5)6)32-36-63(56)77-70)57-42-60-65(66-55-26-16-18-28-59(55)76(62)69(57)66)54-25-15-17-27-58(54)74(60)50-22-11-8-12-23-50/h7-42H,1-6H3. The van der Waals surface area contributed by atoms with E-state index in [1.807, 2.05) is 11.3 Å². The molecule has 0 aliphatic carbocycles. The molecule has 0 atom stereocenters. The Labute approximate surface area is 453 Å². The van der Waals surface area contributed by atoms with Crippen LogP contribution < -0.4 is 20.6 Å². The van der Waals surface area contributed by atoms with Crippen molar-refractivity contribution in [2.75, 3.05) is 4.90 Å². The Hall–Kier alpha value is -8.64. The van der Waals surface area contributed by atoms with Gasteiger partial charge in [-0.2, -0.15) is 0 Å². The van der Waals surface area contributed by atoms with Gasteiger partial charge in [-0.15, -0.1) is 11.3 Å². The van der Waals surface area contributed by atoms with E-state index in [1.165, 1.54) is 153 Å². The van der Waals surface area contributed by atoms with E-state index in [1.54, 1.807) is 0 Å². The fourth-order valence-electron chi connectivity index (χ4n) is 13.5. The van der Waals surface area contributed by atoms with E-state index in [2.05, 4.69) is 274 Å². The van der Waals surface area contributed by atoms with E-state index in [0.717, 1.165) is 0 Å². The van der Waals surface area contributed by atoms with Crippen LogP contribution >= 0.6 is 11.3 Å². The lowest BCUT2D eigenvalue weighted by Crippen LogP contribution is -2.59. The lowest BCUT2D eigenvalue weighted by Gasteiger charge is -2.39. The Balaban J connectivity index is 1.07. The molecule has 0 amide bonds. The molecule has 3 aromatic heterocycles. The molecule has 0 bridgehead atoms. The number of hydrogen-bond donors (Lipinski definition) is 0. The number of anilines is 3. The Morgan fingerprint density at radius 3 is 1.77 bits per heavy atom. The first-order chi connectivity index (χ1) is 37.5. The third-order valence-corrected chi connectivity index (χ3v) is 18.3. The number of rotatable bonds is 4. The lowest BCUT2D eigenvalue weighted by molar-refractivity contribution is 0.590. The highest BCUT2D eigenvalue weighted by Gasteiger charge is 2.45. The first kappa shape index (κ1) is 44.6. The van der Waals surface area contributed by atoms with Gasteiger partial charge >= 0.3 is 0 Å². The minimum atomic E-state index is -0.0491. The zero-order valence-corrected chi connectivity index (χ0v) is 44.9. The van der Waals surface area contributed by atoms with Crippen molar-refractivity contribution in [2.45, 2.75) is 52.4 Å². The summed E-state index contributed by atoms with van der Waals surface area (Å²) >= 11 is 1.99. The number of hydrogen-bond acceptors (Lipinski definition) is 2. The molecule has 0 saturated heterocycles. The highest BCUT2D eigenvalue weighted by Crippen LogP contribution is 2.50. The largest absolute Gasteiger partial charge is 0.310 e. The van der Waals surface area contributed by atoms with Crippen LogP contribution in [0.1, 0.15) is 52.7 Å². The molecule has 0 radical (unpaired) electrons. The zero-order chi connectivity index (χ0) is 51.6. The predicted octanol–water partition coefficient (Wildman–Crippen LogP) is 17.9. The van der Waals surface area contributed by atoms with Crippen LogP contribution in [-0.2, 0) is 10.8 Å². The van der Waals surface area contributed by atoms with Gasteiger partial charge in [-0.3, -0.25) is 0 Å². The van der Waals surface area contributed by atoms with Crippen molar-refractivity contribution in [3.05, 3.63) is 230 Å². The van der Waals surface area contributed by atoms with Gasteiger partial charge in [0.1, 0.15) is 0 Å². The molecule has 366 valence electrons. The van der Waals surface area contributed by atoms with Crippen LogP contribution in [0.4, 0.5) is 17.1 Å². The third kappa shape index (κ3) is 6.38. The minimum Gasteiger partial charge on any atom is -0.310 e. The maximum Gasteiger partial charge on any atom is 0.264 e. The highest BCUT2D eigenvalue weighted by atomic mass is 32.1. The van der Waals surface area contributed by atoms with Gasteiger partial charge in [0.25, 0.3) is 6.71 Å². The molecular formula is C72H54BN3S. The predicted molar refractivity (Wildman–Crippen MR) is 333 cm³/mol. The Kier molecular flexibility index (Phi) is 9.25. The second kappa shape index (κ2) is 16.0. The van der Waals surface area contributed by atoms with Crippen molar-refractivity contribution in [1.82, 2.24) is 9.13 Å². The summed E-state index contributed by atoms with van der Waals surface area (Å²) in [7, 11) is 0. The summed E-state index contributed by atoms with van der Waals surface area (Å²) < 4.78 is 7.88. The van der Waals surface area contributed by atoms with Crippen LogP contribution in [0.25, 0.3) is 109 Å². The second-order valence-corrected chi connectivity index (χ2v) is 24.8. The van der Waals surface area contributed by atoms with Crippen LogP contribution in [0.3, 0.4) is 0 Å². The maximum atomic E-state index is 2.66. The molecule has 11 aromatic carbocycles. The monoisotopic (exact) mass is 1000 g/mol. The van der Waals surface area contributed by atoms with Crippen LogP contribution in [0.15, 0.2) is 218 Å². The van der Waals surface area contributed by atoms with Crippen LogP contribution in [-0.4, -0.2) is 15.8 Å². The number of thiophene rings is 1. The molecule has 16 rings (SSSR count). The van der Waals surface area contributed by atoms with E-state index in [-0.39, 0.29) is 17.5 Å². The van der Waals surface area contributed by atoms with Crippen LogP contribution in [0, 0.1) is 0 Å². The zero-order valence-electron chi connectivity index (χ0n) is 44.1. The van der Waals surface area contributed by atoms with E-state index < -0.39 is 0 Å². The van der Waals surface area contributed by atoms with E-state index in [4.69, 9.17) is 0 Å². The number of fused-ring (bicyclic) bond motifs is 15. The topological polar surface area (TPSA) is 13.1 Å². The fraction of sp³-hybridized carbons (Fsp3) is 0.111. The molecule has 3 nitrogen and oxygen atoms in total. The summed E-state index contributed by atoms with van der Waals surface area (Å²) in [6.45, 7) is 13.9. The summed E-state index contributed by atoms with van der Waals surface area (Å²) in [5.74, 6) is 0. The van der Waals surface area contributed by atoms with Crippen molar-refractivity contribution in [2.24, 2.45) is 0 Å². The van der Waals surface area contributed by atoms with Crippen LogP contribution in [0.5, 0.6) is 0 Å². The molecule has 0 unspecified atom stereocenters. The molecule has 0 spiro atoms. The summed E-state index contributed by atoms with van der Waals surface area (Å²) in [6.07, 6.45) is 0. The van der Waals surface area contributed by atoms with Gasteiger partial charge in [-0.05, 0) is 156 Å². The second-order valence-electron chi connectivity index (χ2n) is 23.7. The average molecular weight is 1000 g/mol. The van der Waals surface area contributed by atoms with Crippen molar-refractivity contribution >= 4 is 126 Å². The number of nitrogens with zero attached hydrogens (tertiary/aromatic N) is 3. The lowest BCUT2D eigenvalue weighted by atomic mass is 9.36. The minimum absolute atomic E-state index is 0.00630. The summed E-state index contributed by atoms with van der Waals surface area (Å²) in [5.41, 5.74) is 21.3. The third-order valence-electron chi connectivity index (χ3n) is 17.1. The molecule has 77 heavy (non-hydrogen) atoms. The van der Waals surface area contributed by atoms with Crippen LogP contribution in [0.2, 0.25) is 0 Å². The van der Waals surface area contributed by atoms with E-state index in [0.29, 0.717) is 0 Å². The molecule has 14 aromatic rings. The Morgan fingerprint density at radius 1 is 0.403 bits per heavy atom. The fourth-order valence-corrected chi connectivity index (χ4v) is 14.8. The summed E-state index contributed by atoms with van der Waals surface area (Å²) in [5, 5.41) is 11.5. The Morgan fingerprint density at radius 2 is 1.03 bits per heavy atom. The van der Waals surface area contributed by atoms with Crippen molar-refractivity contribution in [1.29, 1.82) is 0 Å². The summed E-state index contributed by atoms with van der Waals surface area (Å²) in [6, 6.07) is 83.1. The highest BCUT2D eigenvalue weighted by molar-refractivity contribution is 7.33. The first-order valence-electron chi connectivity index (χ1n) is 27.2. The average Bonchev–Trinajstić information content (AvgIpc) is 4.33. The number of para-hydroxylation sites is 3. The first-order valence-corrected chi connectivity index (χ1v) is 28.0. The van der Waals surface area contributed by atoms with Gasteiger partial charge in [-0.25, -0.2) is 0 Å². The normalized spacial score (nSPS) is 13.3. The maximum absolute atomic E-state index is 2.66. The molecular weight excluding hydrogens is 950 g/mol. The SMILES string of the molecule is CC(C)(C)c1ccc(N2c3cc(-c4ccc5c(-c6ccccc6)c6ccccc6cc5c4)cc4c3B(c3sc5ccc(C(C)(C)C)cc5c32)c2cc3c(c5ccccc5n3-c3ccccc3)c3c5ccccc5n-4c23)cc1. The van der Waals surface area contributed by atoms with Gasteiger partial charge in [-0.1, -0.05) is 181 Å². The molecule has 5 heteroatoms. The van der Waals surface area contributed by atoms with Gasteiger partial charge in [0.05, 0.1) is 27.8 Å². The van der Waals surface area contributed by atoms with Crippen molar-refractivity contribution in [3.63, 3.8) is 0 Å². The van der Waals surface area contributed by atoms with Gasteiger partial charge in [0.15, 0.2) is 0 Å². The molecule has 0 N–H and O–H groups in total. The van der Waals surface area contributed by atoms with Gasteiger partial charge in [0.2, 0.25) is 0 Å². The molecule has 5 heterocycles. The Bertz CT molecular complexity index is 4810. The van der Waals surface area contributed by atoms with E-state index >= 15 is 0 Å². The molecule has 0 saturated carbocycles. The smallest absolute Gasteiger partial charge is 0.264 e. The van der Waals surface area contributed by atoms with Crippen molar-refractivity contribution in [3.8, 4) is 33.6 Å². The molecule has 2 aliphatic rings. The number of benzene rings is 11. The van der Waals surface area contributed by atoms with Crippen molar-refractivity contribution < 1.29 is 0 Å². The molecule has 0 fully saturated rings. The van der Waals surface area contributed by atoms with Gasteiger partial charge < -0.3 is 14.0 Å². The van der Waals surface area contributed by atoms with E-state index in [9.17, 15) is 0 Å². The molecule has 2 aliphatic heterocycles. The summed E-state index contributed by atoms with van der Waals surface area (Å²) in [4.78, 5) is 2.65.